The van der Waals surface area contributed by atoms with Crippen molar-refractivity contribution < 1.29 is 9.90 Å². The lowest BCUT2D eigenvalue weighted by atomic mass is 10.2. The van der Waals surface area contributed by atoms with Crippen LogP contribution in [0.15, 0.2) is 35.6 Å². The summed E-state index contributed by atoms with van der Waals surface area (Å²) in [5.41, 5.74) is 0.865. The second kappa shape index (κ2) is 6.49. The summed E-state index contributed by atoms with van der Waals surface area (Å²) >= 11 is 1.28. The van der Waals surface area contributed by atoms with Gasteiger partial charge in [-0.2, -0.15) is 0 Å². The van der Waals surface area contributed by atoms with Crippen LogP contribution in [0.1, 0.15) is 6.92 Å². The lowest BCUT2D eigenvalue weighted by Gasteiger charge is -2.06. The minimum Gasteiger partial charge on any atom is -0.392 e. The molecule has 100 valence electrons. The first kappa shape index (κ1) is 13.8. The second-order valence-corrected chi connectivity index (χ2v) is 5.10. The first-order valence-electron chi connectivity index (χ1n) is 5.94. The van der Waals surface area contributed by atoms with Gasteiger partial charge in [-0.1, -0.05) is 30.0 Å². The molecule has 0 fully saturated rings. The van der Waals surface area contributed by atoms with E-state index in [4.69, 9.17) is 5.11 Å². The van der Waals surface area contributed by atoms with E-state index in [0.717, 1.165) is 10.9 Å². The molecule has 5 nitrogen and oxygen atoms in total. The van der Waals surface area contributed by atoms with Gasteiger partial charge in [0.15, 0.2) is 5.16 Å². The van der Waals surface area contributed by atoms with Gasteiger partial charge in [-0.3, -0.25) is 4.79 Å². The van der Waals surface area contributed by atoms with Crippen LogP contribution in [0.25, 0.3) is 10.9 Å². The van der Waals surface area contributed by atoms with Gasteiger partial charge in [-0.05, 0) is 13.0 Å². The topological polar surface area (TPSA) is 75.1 Å². The Balaban J connectivity index is 1.92. The third-order valence-electron chi connectivity index (χ3n) is 2.39. The van der Waals surface area contributed by atoms with Crippen molar-refractivity contribution in [2.45, 2.75) is 18.2 Å². The van der Waals surface area contributed by atoms with Crippen LogP contribution >= 0.6 is 11.8 Å². The van der Waals surface area contributed by atoms with Crippen LogP contribution < -0.4 is 5.32 Å². The molecule has 0 saturated carbocycles. The molecule has 6 heteroatoms. The number of amides is 1. The van der Waals surface area contributed by atoms with E-state index < -0.39 is 6.10 Å². The van der Waals surface area contributed by atoms with Crippen LogP contribution in [-0.4, -0.2) is 39.4 Å². The van der Waals surface area contributed by atoms with Crippen molar-refractivity contribution in [2.75, 3.05) is 12.3 Å². The molecule has 1 aromatic carbocycles. The number of carbonyl (C=O) groups excluding carboxylic acids is 1. The van der Waals surface area contributed by atoms with Gasteiger partial charge in [-0.15, -0.1) is 0 Å². The predicted octanol–water partition coefficient (Wildman–Crippen LogP) is 1.22. The number of rotatable bonds is 5. The van der Waals surface area contributed by atoms with E-state index >= 15 is 0 Å². The summed E-state index contributed by atoms with van der Waals surface area (Å²) in [6.07, 6.45) is 1.21. The number of fused-ring (bicyclic) bond motifs is 1. The molecule has 1 atom stereocenters. The second-order valence-electron chi connectivity index (χ2n) is 4.15. The third kappa shape index (κ3) is 4.18. The molecule has 1 heterocycles. The Bertz CT molecular complexity index is 575. The number of benzene rings is 1. The van der Waals surface area contributed by atoms with Crippen LogP contribution in [0, 0.1) is 0 Å². The predicted molar refractivity (Wildman–Crippen MR) is 75.0 cm³/mol. The highest BCUT2D eigenvalue weighted by atomic mass is 32.2. The summed E-state index contributed by atoms with van der Waals surface area (Å²) in [6, 6.07) is 7.70. The molecular weight excluding hydrogens is 262 g/mol. The number of hydrogen-bond donors (Lipinski definition) is 2. The van der Waals surface area contributed by atoms with Crippen LogP contribution in [-0.2, 0) is 4.79 Å². The molecule has 1 amide bonds. The monoisotopic (exact) mass is 277 g/mol. The molecule has 1 aromatic heterocycles. The zero-order valence-electron chi connectivity index (χ0n) is 10.5. The Labute approximate surface area is 115 Å². The van der Waals surface area contributed by atoms with Crippen LogP contribution in [0.2, 0.25) is 0 Å². The van der Waals surface area contributed by atoms with Gasteiger partial charge in [0.2, 0.25) is 5.91 Å². The third-order valence-corrected chi connectivity index (χ3v) is 3.26. The van der Waals surface area contributed by atoms with Crippen molar-refractivity contribution in [3.05, 3.63) is 30.5 Å². The molecule has 0 unspecified atom stereocenters. The SMILES string of the molecule is C[C@@H](O)CNC(=O)CSc1ncc2ccccc2n1. The smallest absolute Gasteiger partial charge is 0.230 e. The maximum atomic E-state index is 11.5. The summed E-state index contributed by atoms with van der Waals surface area (Å²) in [6.45, 7) is 1.89. The molecule has 19 heavy (non-hydrogen) atoms. The van der Waals surface area contributed by atoms with Gasteiger partial charge in [-0.25, -0.2) is 9.97 Å². The van der Waals surface area contributed by atoms with E-state index in [0.29, 0.717) is 5.16 Å². The summed E-state index contributed by atoms with van der Waals surface area (Å²) in [5, 5.41) is 13.2. The fraction of sp³-hybridized carbons (Fsp3) is 0.308. The van der Waals surface area contributed by atoms with Gasteiger partial charge in [0.05, 0.1) is 17.4 Å². The molecular formula is C13H15N3O2S. The largest absolute Gasteiger partial charge is 0.392 e. The minimum atomic E-state index is -0.536. The normalized spacial score (nSPS) is 12.3. The van der Waals surface area contributed by atoms with Gasteiger partial charge >= 0.3 is 0 Å². The van der Waals surface area contributed by atoms with Gasteiger partial charge in [0.25, 0.3) is 0 Å². The van der Waals surface area contributed by atoms with Crippen LogP contribution in [0.4, 0.5) is 0 Å². The highest BCUT2D eigenvalue weighted by Gasteiger charge is 2.06. The van der Waals surface area contributed by atoms with Crippen molar-refractivity contribution >= 4 is 28.6 Å². The highest BCUT2D eigenvalue weighted by molar-refractivity contribution is 7.99. The Hall–Kier alpha value is -1.66. The lowest BCUT2D eigenvalue weighted by Crippen LogP contribution is -2.31. The van der Waals surface area contributed by atoms with Gasteiger partial charge in [0.1, 0.15) is 0 Å². The average Bonchev–Trinajstić information content (AvgIpc) is 2.42. The van der Waals surface area contributed by atoms with E-state index in [1.54, 1.807) is 13.1 Å². The van der Waals surface area contributed by atoms with E-state index in [-0.39, 0.29) is 18.2 Å². The van der Waals surface area contributed by atoms with Gasteiger partial charge in [0, 0.05) is 18.1 Å². The number of thioether (sulfide) groups is 1. The van der Waals surface area contributed by atoms with Crippen molar-refractivity contribution in [1.82, 2.24) is 15.3 Å². The molecule has 0 bridgehead atoms. The van der Waals surface area contributed by atoms with E-state index in [2.05, 4.69) is 15.3 Å². The summed E-state index contributed by atoms with van der Waals surface area (Å²) in [5.74, 6) is 0.105. The first-order chi connectivity index (χ1) is 9.15. The number of aromatic nitrogens is 2. The van der Waals surface area contributed by atoms with Crippen molar-refractivity contribution in [1.29, 1.82) is 0 Å². The summed E-state index contributed by atoms with van der Waals surface area (Å²) in [4.78, 5) is 20.0. The van der Waals surface area contributed by atoms with Crippen molar-refractivity contribution in [2.24, 2.45) is 0 Å². The fourth-order valence-electron chi connectivity index (χ4n) is 1.47. The number of hydrogen-bond acceptors (Lipinski definition) is 5. The standard InChI is InChI=1S/C13H15N3O2S/c1-9(17)6-14-12(18)8-19-13-15-7-10-4-2-3-5-11(10)16-13/h2-5,7,9,17H,6,8H2,1H3,(H,14,18)/t9-/m1/s1. The zero-order valence-corrected chi connectivity index (χ0v) is 11.4. The molecule has 2 aromatic rings. The molecule has 2 rings (SSSR count). The number of aliphatic hydroxyl groups is 1. The number of nitrogens with zero attached hydrogens (tertiary/aromatic N) is 2. The molecule has 0 aliphatic rings. The highest BCUT2D eigenvalue weighted by Crippen LogP contribution is 2.16. The minimum absolute atomic E-state index is 0.136. The van der Waals surface area contributed by atoms with Crippen LogP contribution in [0.3, 0.4) is 0 Å². The van der Waals surface area contributed by atoms with E-state index in [9.17, 15) is 4.79 Å². The maximum Gasteiger partial charge on any atom is 0.230 e. The van der Waals surface area contributed by atoms with E-state index in [1.165, 1.54) is 11.8 Å². The Morgan fingerprint density at radius 2 is 2.26 bits per heavy atom. The number of aliphatic hydroxyl groups excluding tert-OH is 1. The Morgan fingerprint density at radius 1 is 1.47 bits per heavy atom. The maximum absolute atomic E-state index is 11.5. The van der Waals surface area contributed by atoms with Crippen molar-refractivity contribution in [3.63, 3.8) is 0 Å². The number of carbonyl (C=O) groups is 1. The quantitative estimate of drug-likeness (QED) is 0.635. The number of para-hydroxylation sites is 1. The van der Waals surface area contributed by atoms with Gasteiger partial charge < -0.3 is 10.4 Å². The molecule has 0 aliphatic carbocycles. The number of nitrogens with one attached hydrogen (secondary N) is 1. The molecule has 0 radical (unpaired) electrons. The zero-order chi connectivity index (χ0) is 13.7. The molecule has 0 spiro atoms. The molecule has 0 saturated heterocycles. The van der Waals surface area contributed by atoms with Crippen molar-refractivity contribution in [3.8, 4) is 0 Å². The molecule has 2 N–H and O–H groups in total. The molecule has 0 aliphatic heterocycles. The fourth-order valence-corrected chi connectivity index (χ4v) is 2.12. The average molecular weight is 277 g/mol. The Morgan fingerprint density at radius 3 is 3.05 bits per heavy atom. The first-order valence-corrected chi connectivity index (χ1v) is 6.93. The summed E-state index contributed by atoms with van der Waals surface area (Å²) < 4.78 is 0. The lowest BCUT2D eigenvalue weighted by molar-refractivity contribution is -0.118. The Kier molecular flexibility index (Phi) is 4.70. The van der Waals surface area contributed by atoms with Crippen LogP contribution in [0.5, 0.6) is 0 Å². The van der Waals surface area contributed by atoms with E-state index in [1.807, 2.05) is 24.3 Å². The summed E-state index contributed by atoms with van der Waals surface area (Å²) in [7, 11) is 0.